The maximum absolute atomic E-state index is 6.81. The lowest BCUT2D eigenvalue weighted by atomic mass is 9.95. The Kier molecular flexibility index (Phi) is 6.71. The highest BCUT2D eigenvalue weighted by molar-refractivity contribution is 7.19. The minimum Gasteiger partial charge on any atom is -0.455 e. The van der Waals surface area contributed by atoms with Crippen LogP contribution in [0.25, 0.3) is 109 Å². The number of fused-ring (bicyclic) bond motifs is 16. The van der Waals surface area contributed by atoms with Crippen molar-refractivity contribution in [3.8, 4) is 11.1 Å². The molecule has 5 aromatic heterocycles. The van der Waals surface area contributed by atoms with E-state index in [0.29, 0.717) is 0 Å². The first-order valence-electron chi connectivity index (χ1n) is 22.2. The molecule has 0 saturated carbocycles. The van der Waals surface area contributed by atoms with E-state index in [0.717, 1.165) is 27.5 Å². The number of aromatic nitrogens is 2. The van der Waals surface area contributed by atoms with Crippen LogP contribution < -0.4 is 20.7 Å². The Morgan fingerprint density at radius 1 is 0.312 bits per heavy atom. The van der Waals surface area contributed by atoms with Gasteiger partial charge >= 0.3 is 0 Å². The third-order valence-electron chi connectivity index (χ3n) is 14.5. The van der Waals surface area contributed by atoms with Crippen molar-refractivity contribution in [1.82, 2.24) is 8.80 Å². The van der Waals surface area contributed by atoms with Crippen LogP contribution >= 0.6 is 0 Å². The average molecular weight is 829 g/mol. The van der Waals surface area contributed by atoms with Crippen LogP contribution in [-0.4, -0.2) is 16.9 Å². The van der Waals surface area contributed by atoms with Crippen molar-refractivity contribution in [3.63, 3.8) is 0 Å². The van der Waals surface area contributed by atoms with Gasteiger partial charge in [-0.3, -0.25) is 0 Å². The first-order valence-corrected chi connectivity index (χ1v) is 24.2. The van der Waals surface area contributed by atoms with Gasteiger partial charge in [0.25, 0.3) is 0 Å². The largest absolute Gasteiger partial charge is 0.455 e. The SMILES string of the molecule is c1ccc([Si](c2ccccc2)(c2ccccc2)c2cccc(-c3c4c5cccc6c7ccccc7n(c4cc4c7cccc8c9c%10oc%11ccccc%11c%10ccc9n(c34)c78)c65)c2)cc1. The summed E-state index contributed by atoms with van der Waals surface area (Å²) in [4.78, 5) is 0. The average Bonchev–Trinajstić information content (AvgIpc) is 4.16. The van der Waals surface area contributed by atoms with Crippen molar-refractivity contribution in [2.75, 3.05) is 0 Å². The standard InChI is InChI=1S/C60H36N2OSi/c1-4-18-38(19-5-1)64(39-20-6-2-7-21-39,40-22-8-3-9-23-40)41-24-14-17-37(35-41)54-55-47-29-15-27-44-42-25-10-12-31-50(42)61(57(44)47)52(55)36-49-45-28-16-30-48-56-51(62(58(45)48)59(49)54)34-33-46-43-26-11-13-32-53(43)63-60(46)56/h1-36H. The summed E-state index contributed by atoms with van der Waals surface area (Å²) in [5.74, 6) is 0. The van der Waals surface area contributed by atoms with E-state index in [1.54, 1.807) is 0 Å². The molecule has 0 aliphatic heterocycles. The van der Waals surface area contributed by atoms with Gasteiger partial charge in [0, 0.05) is 54.0 Å². The van der Waals surface area contributed by atoms with Crippen LogP contribution in [0.4, 0.5) is 0 Å². The Labute approximate surface area is 367 Å². The fraction of sp³-hybridized carbons (Fsp3) is 0. The number of benzene rings is 10. The van der Waals surface area contributed by atoms with E-state index in [1.807, 2.05) is 0 Å². The molecule has 296 valence electrons. The van der Waals surface area contributed by atoms with Crippen molar-refractivity contribution < 1.29 is 4.42 Å². The number of para-hydroxylation sites is 4. The molecule has 0 aliphatic rings. The number of rotatable bonds is 5. The third-order valence-corrected chi connectivity index (χ3v) is 19.3. The highest BCUT2D eigenvalue weighted by Gasteiger charge is 2.41. The Morgan fingerprint density at radius 2 is 0.859 bits per heavy atom. The second-order valence-electron chi connectivity index (χ2n) is 17.5. The van der Waals surface area contributed by atoms with E-state index >= 15 is 0 Å². The molecule has 3 nitrogen and oxygen atoms in total. The van der Waals surface area contributed by atoms with Gasteiger partial charge in [0.15, 0.2) is 8.07 Å². The van der Waals surface area contributed by atoms with Gasteiger partial charge in [-0.15, -0.1) is 0 Å². The number of furan rings is 1. The maximum atomic E-state index is 6.81. The summed E-state index contributed by atoms with van der Waals surface area (Å²) in [7, 11) is -2.87. The van der Waals surface area contributed by atoms with Gasteiger partial charge in [-0.1, -0.05) is 188 Å². The molecule has 10 aromatic carbocycles. The smallest absolute Gasteiger partial charge is 0.179 e. The monoisotopic (exact) mass is 828 g/mol. The zero-order chi connectivity index (χ0) is 41.7. The van der Waals surface area contributed by atoms with Crippen molar-refractivity contribution in [2.45, 2.75) is 0 Å². The molecule has 15 rings (SSSR count). The third kappa shape index (κ3) is 4.21. The maximum Gasteiger partial charge on any atom is 0.179 e. The van der Waals surface area contributed by atoms with E-state index in [1.165, 1.54) is 103 Å². The molecule has 0 fully saturated rings. The van der Waals surface area contributed by atoms with Crippen LogP contribution in [0.3, 0.4) is 0 Å². The predicted molar refractivity (Wildman–Crippen MR) is 272 cm³/mol. The lowest BCUT2D eigenvalue weighted by molar-refractivity contribution is 0.673. The Morgan fingerprint density at radius 3 is 1.58 bits per heavy atom. The van der Waals surface area contributed by atoms with Crippen molar-refractivity contribution >= 4 is 127 Å². The van der Waals surface area contributed by atoms with Crippen LogP contribution in [0.1, 0.15) is 0 Å². The molecule has 0 radical (unpaired) electrons. The van der Waals surface area contributed by atoms with Gasteiger partial charge in [0.05, 0.1) is 38.5 Å². The van der Waals surface area contributed by atoms with Crippen molar-refractivity contribution in [1.29, 1.82) is 0 Å². The molecular formula is C60H36N2OSi. The van der Waals surface area contributed by atoms with Gasteiger partial charge in [0.2, 0.25) is 0 Å². The van der Waals surface area contributed by atoms with Gasteiger partial charge in [0.1, 0.15) is 11.2 Å². The molecular weight excluding hydrogens is 793 g/mol. The molecule has 0 N–H and O–H groups in total. The van der Waals surface area contributed by atoms with Gasteiger partial charge in [-0.2, -0.15) is 0 Å². The lowest BCUT2D eigenvalue weighted by Gasteiger charge is -2.34. The predicted octanol–water partition coefficient (Wildman–Crippen LogP) is 12.9. The summed E-state index contributed by atoms with van der Waals surface area (Å²) in [6, 6.07) is 81.7. The highest BCUT2D eigenvalue weighted by atomic mass is 28.3. The Hall–Kier alpha value is -8.18. The quantitative estimate of drug-likeness (QED) is 0.125. The normalized spacial score (nSPS) is 12.7. The minimum atomic E-state index is -2.87. The van der Waals surface area contributed by atoms with Gasteiger partial charge in [-0.25, -0.2) is 0 Å². The van der Waals surface area contributed by atoms with Crippen LogP contribution in [0, 0.1) is 0 Å². The molecule has 5 heterocycles. The fourth-order valence-electron chi connectivity index (χ4n) is 12.1. The minimum absolute atomic E-state index is 0.917. The summed E-state index contributed by atoms with van der Waals surface area (Å²) in [6.07, 6.45) is 0. The molecule has 0 saturated heterocycles. The van der Waals surface area contributed by atoms with E-state index in [-0.39, 0.29) is 0 Å². The topological polar surface area (TPSA) is 22.0 Å². The van der Waals surface area contributed by atoms with Crippen LogP contribution in [0.2, 0.25) is 0 Å². The molecule has 0 spiro atoms. The molecule has 0 aliphatic carbocycles. The molecule has 64 heavy (non-hydrogen) atoms. The van der Waals surface area contributed by atoms with Crippen LogP contribution in [0.5, 0.6) is 0 Å². The molecule has 0 amide bonds. The van der Waals surface area contributed by atoms with Crippen molar-refractivity contribution in [2.24, 2.45) is 0 Å². The van der Waals surface area contributed by atoms with Crippen LogP contribution in [-0.2, 0) is 0 Å². The second kappa shape index (κ2) is 12.5. The number of hydrogen-bond donors (Lipinski definition) is 0. The molecule has 0 atom stereocenters. The van der Waals surface area contributed by atoms with Crippen LogP contribution in [0.15, 0.2) is 223 Å². The van der Waals surface area contributed by atoms with E-state index in [4.69, 9.17) is 4.42 Å². The van der Waals surface area contributed by atoms with Gasteiger partial charge < -0.3 is 13.2 Å². The molecule has 15 aromatic rings. The Bertz CT molecular complexity index is 4260. The highest BCUT2D eigenvalue weighted by Crippen LogP contribution is 2.50. The zero-order valence-electron chi connectivity index (χ0n) is 34.6. The van der Waals surface area contributed by atoms with Gasteiger partial charge in [-0.05, 0) is 56.6 Å². The first kappa shape index (κ1) is 34.4. The van der Waals surface area contributed by atoms with E-state index < -0.39 is 8.07 Å². The summed E-state index contributed by atoms with van der Waals surface area (Å²) in [5, 5.41) is 17.7. The number of nitrogens with zero attached hydrogens (tertiary/aromatic N) is 2. The summed E-state index contributed by atoms with van der Waals surface area (Å²) < 4.78 is 11.9. The second-order valence-corrected chi connectivity index (χ2v) is 21.3. The summed E-state index contributed by atoms with van der Waals surface area (Å²) in [6.45, 7) is 0. The fourth-order valence-corrected chi connectivity index (χ4v) is 16.8. The Balaban J connectivity index is 1.16. The molecule has 0 bridgehead atoms. The lowest BCUT2D eigenvalue weighted by Crippen LogP contribution is -2.74. The summed E-state index contributed by atoms with van der Waals surface area (Å²) in [5.41, 5.74) is 11.7. The number of hydrogen-bond acceptors (Lipinski definition) is 1. The van der Waals surface area contributed by atoms with E-state index in [9.17, 15) is 0 Å². The van der Waals surface area contributed by atoms with Crippen molar-refractivity contribution in [3.05, 3.63) is 218 Å². The molecule has 0 unspecified atom stereocenters. The first-order chi connectivity index (χ1) is 31.8. The zero-order valence-corrected chi connectivity index (χ0v) is 35.6. The van der Waals surface area contributed by atoms with E-state index in [2.05, 4.69) is 227 Å². The molecule has 4 heteroatoms. The summed E-state index contributed by atoms with van der Waals surface area (Å²) >= 11 is 0.